The van der Waals surface area contributed by atoms with Crippen molar-refractivity contribution in [3.05, 3.63) is 24.0 Å². The zero-order valence-electron chi connectivity index (χ0n) is 8.07. The van der Waals surface area contributed by atoms with Gasteiger partial charge in [-0.25, -0.2) is 4.98 Å². The minimum absolute atomic E-state index is 0.305. The molecule has 1 aromatic rings. The zero-order chi connectivity index (χ0) is 9.90. The van der Waals surface area contributed by atoms with Crippen LogP contribution in [0.15, 0.2) is 18.3 Å². The van der Waals surface area contributed by atoms with Gasteiger partial charge in [0.05, 0.1) is 0 Å². The first kappa shape index (κ1) is 9.71. The van der Waals surface area contributed by atoms with Gasteiger partial charge >= 0.3 is 0 Å². The van der Waals surface area contributed by atoms with E-state index in [9.17, 15) is 4.79 Å². The highest BCUT2D eigenvalue weighted by Gasteiger charge is 2.14. The van der Waals surface area contributed by atoms with Crippen LogP contribution in [0, 0.1) is 0 Å². The Morgan fingerprint density at radius 2 is 2.15 bits per heavy atom. The van der Waals surface area contributed by atoms with Gasteiger partial charge in [0, 0.05) is 6.20 Å². The molecule has 0 fully saturated rings. The van der Waals surface area contributed by atoms with Gasteiger partial charge in [0.25, 0.3) is 0 Å². The molecule has 1 aromatic heterocycles. The molecular formula is C10H13NO2. The topological polar surface area (TPSA) is 39.2 Å². The summed E-state index contributed by atoms with van der Waals surface area (Å²) in [5.41, 5.74) is 0.0401. The number of ether oxygens (including phenoxy) is 1. The van der Waals surface area contributed by atoms with Gasteiger partial charge in [0.1, 0.15) is 17.0 Å². The van der Waals surface area contributed by atoms with Crippen LogP contribution >= 0.6 is 0 Å². The Bertz CT molecular complexity index is 302. The predicted octanol–water partition coefficient (Wildman–Crippen LogP) is 2.07. The molecule has 0 aliphatic carbocycles. The largest absolute Gasteiger partial charge is 0.486 e. The average Bonchev–Trinajstić information content (AvgIpc) is 2.02. The Morgan fingerprint density at radius 3 is 2.69 bits per heavy atom. The van der Waals surface area contributed by atoms with E-state index >= 15 is 0 Å². The lowest BCUT2D eigenvalue weighted by Gasteiger charge is -2.21. The molecule has 0 saturated heterocycles. The van der Waals surface area contributed by atoms with Crippen LogP contribution in [0.1, 0.15) is 31.3 Å². The molecule has 0 aromatic carbocycles. The van der Waals surface area contributed by atoms with E-state index in [0.29, 0.717) is 17.7 Å². The standard InChI is InChI=1S/C10H13NO2/c1-10(2,3)13-9-5-4-6-11-8(9)7-12/h4-7H,1-3H3. The Balaban J connectivity index is 2.94. The Morgan fingerprint density at radius 1 is 1.46 bits per heavy atom. The van der Waals surface area contributed by atoms with Crippen LogP contribution in [0.2, 0.25) is 0 Å². The lowest BCUT2D eigenvalue weighted by atomic mass is 10.2. The molecule has 0 amide bonds. The summed E-state index contributed by atoms with van der Waals surface area (Å²) in [6.07, 6.45) is 2.26. The fourth-order valence-corrected chi connectivity index (χ4v) is 0.907. The van der Waals surface area contributed by atoms with E-state index in [1.54, 1.807) is 18.3 Å². The van der Waals surface area contributed by atoms with Crippen molar-refractivity contribution >= 4 is 6.29 Å². The first-order valence-corrected chi connectivity index (χ1v) is 4.12. The maximum atomic E-state index is 10.6. The molecule has 0 spiro atoms. The smallest absolute Gasteiger partial charge is 0.172 e. The third-order valence-corrected chi connectivity index (χ3v) is 1.33. The van der Waals surface area contributed by atoms with Crippen LogP contribution < -0.4 is 4.74 Å². The third kappa shape index (κ3) is 2.86. The number of carbonyl (C=O) groups excluding carboxylic acids is 1. The molecule has 0 unspecified atom stereocenters. The van der Waals surface area contributed by atoms with E-state index in [1.165, 1.54) is 0 Å². The first-order chi connectivity index (χ1) is 6.03. The van der Waals surface area contributed by atoms with Gasteiger partial charge in [0.2, 0.25) is 0 Å². The van der Waals surface area contributed by atoms with Gasteiger partial charge < -0.3 is 4.74 Å². The maximum absolute atomic E-state index is 10.6. The van der Waals surface area contributed by atoms with E-state index in [2.05, 4.69) is 4.98 Å². The number of hydrogen-bond acceptors (Lipinski definition) is 3. The van der Waals surface area contributed by atoms with Crippen molar-refractivity contribution in [2.75, 3.05) is 0 Å². The number of hydrogen-bond donors (Lipinski definition) is 0. The monoisotopic (exact) mass is 179 g/mol. The van der Waals surface area contributed by atoms with Gasteiger partial charge in [-0.2, -0.15) is 0 Å². The second-order valence-corrected chi connectivity index (χ2v) is 3.72. The molecule has 13 heavy (non-hydrogen) atoms. The van der Waals surface area contributed by atoms with E-state index in [4.69, 9.17) is 4.74 Å². The summed E-state index contributed by atoms with van der Waals surface area (Å²) in [6.45, 7) is 5.78. The molecule has 0 saturated carbocycles. The van der Waals surface area contributed by atoms with Crippen LogP contribution in [-0.2, 0) is 0 Å². The quantitative estimate of drug-likeness (QED) is 0.652. The van der Waals surface area contributed by atoms with E-state index in [-0.39, 0.29) is 5.60 Å². The van der Waals surface area contributed by atoms with Gasteiger partial charge in [-0.3, -0.25) is 4.79 Å². The van der Waals surface area contributed by atoms with Crippen LogP contribution in [-0.4, -0.2) is 16.9 Å². The van der Waals surface area contributed by atoms with Crippen molar-refractivity contribution in [2.45, 2.75) is 26.4 Å². The van der Waals surface area contributed by atoms with Crippen LogP contribution in [0.5, 0.6) is 5.75 Å². The lowest BCUT2D eigenvalue weighted by molar-refractivity contribution is 0.108. The Labute approximate surface area is 77.8 Å². The highest BCUT2D eigenvalue weighted by Crippen LogP contribution is 2.19. The van der Waals surface area contributed by atoms with Gasteiger partial charge in [-0.1, -0.05) is 0 Å². The molecule has 0 N–H and O–H groups in total. The van der Waals surface area contributed by atoms with Gasteiger partial charge in [-0.05, 0) is 32.9 Å². The molecule has 0 aliphatic rings. The molecule has 70 valence electrons. The summed E-state index contributed by atoms with van der Waals surface area (Å²) in [6, 6.07) is 3.48. The minimum Gasteiger partial charge on any atom is -0.486 e. The van der Waals surface area contributed by atoms with Crippen molar-refractivity contribution in [1.82, 2.24) is 4.98 Å². The number of carbonyl (C=O) groups is 1. The summed E-state index contributed by atoms with van der Waals surface area (Å²) >= 11 is 0. The molecule has 3 nitrogen and oxygen atoms in total. The molecule has 1 rings (SSSR count). The van der Waals surface area contributed by atoms with Crippen LogP contribution in [0.4, 0.5) is 0 Å². The summed E-state index contributed by atoms with van der Waals surface area (Å²) in [5.74, 6) is 0.532. The van der Waals surface area contributed by atoms with Crippen molar-refractivity contribution in [1.29, 1.82) is 0 Å². The lowest BCUT2D eigenvalue weighted by Crippen LogP contribution is -2.23. The molecule has 1 heterocycles. The summed E-state index contributed by atoms with van der Waals surface area (Å²) in [5, 5.41) is 0. The maximum Gasteiger partial charge on any atom is 0.172 e. The molecule has 0 radical (unpaired) electrons. The first-order valence-electron chi connectivity index (χ1n) is 4.12. The SMILES string of the molecule is CC(C)(C)Oc1cccnc1C=O. The summed E-state index contributed by atoms with van der Waals surface area (Å²) in [4.78, 5) is 14.5. The van der Waals surface area contributed by atoms with Crippen LogP contribution in [0.25, 0.3) is 0 Å². The van der Waals surface area contributed by atoms with Gasteiger partial charge in [-0.15, -0.1) is 0 Å². The Hall–Kier alpha value is -1.38. The fraction of sp³-hybridized carbons (Fsp3) is 0.400. The van der Waals surface area contributed by atoms with Crippen molar-refractivity contribution < 1.29 is 9.53 Å². The molecule has 0 aliphatic heterocycles. The summed E-state index contributed by atoms with van der Waals surface area (Å²) in [7, 11) is 0. The van der Waals surface area contributed by atoms with Crippen LogP contribution in [0.3, 0.4) is 0 Å². The van der Waals surface area contributed by atoms with E-state index in [0.717, 1.165) is 0 Å². The second kappa shape index (κ2) is 3.56. The molecule has 3 heteroatoms. The average molecular weight is 179 g/mol. The number of nitrogens with zero attached hydrogens (tertiary/aromatic N) is 1. The molecule has 0 bridgehead atoms. The molecule has 0 atom stereocenters. The second-order valence-electron chi connectivity index (χ2n) is 3.72. The van der Waals surface area contributed by atoms with Gasteiger partial charge in [0.15, 0.2) is 6.29 Å². The third-order valence-electron chi connectivity index (χ3n) is 1.33. The predicted molar refractivity (Wildman–Crippen MR) is 50.0 cm³/mol. The number of aldehydes is 1. The number of aromatic nitrogens is 1. The normalized spacial score (nSPS) is 11.0. The number of rotatable bonds is 2. The highest BCUT2D eigenvalue weighted by atomic mass is 16.5. The fourth-order valence-electron chi connectivity index (χ4n) is 0.907. The van der Waals surface area contributed by atoms with Crippen molar-refractivity contribution in [2.24, 2.45) is 0 Å². The summed E-state index contributed by atoms with van der Waals surface area (Å²) < 4.78 is 5.53. The van der Waals surface area contributed by atoms with Crippen molar-refractivity contribution in [3.63, 3.8) is 0 Å². The zero-order valence-corrected chi connectivity index (χ0v) is 8.07. The number of pyridine rings is 1. The van der Waals surface area contributed by atoms with E-state index < -0.39 is 0 Å². The molecular weight excluding hydrogens is 166 g/mol. The highest BCUT2D eigenvalue weighted by molar-refractivity contribution is 5.76. The van der Waals surface area contributed by atoms with E-state index in [1.807, 2.05) is 20.8 Å². The van der Waals surface area contributed by atoms with Crippen molar-refractivity contribution in [3.8, 4) is 5.75 Å². The minimum atomic E-state index is -0.305. The Kier molecular flexibility index (Phi) is 2.66.